The molecule has 1 fully saturated rings. The average Bonchev–Trinajstić information content (AvgIpc) is 2.29. The molecule has 0 saturated heterocycles. The molecule has 18 heavy (non-hydrogen) atoms. The van der Waals surface area contributed by atoms with Gasteiger partial charge in [-0.15, -0.1) is 0 Å². The van der Waals surface area contributed by atoms with Gasteiger partial charge >= 0.3 is 0 Å². The van der Waals surface area contributed by atoms with Crippen molar-refractivity contribution in [3.63, 3.8) is 0 Å². The Morgan fingerprint density at radius 3 is 2.67 bits per heavy atom. The number of nitrogens with one attached hydrogen (secondary N) is 1. The van der Waals surface area contributed by atoms with Crippen LogP contribution in [0.1, 0.15) is 37.3 Å². The lowest BCUT2D eigenvalue weighted by Gasteiger charge is -2.35. The molecule has 1 aromatic carbocycles. The molecule has 1 saturated carbocycles. The Morgan fingerprint density at radius 1 is 1.39 bits per heavy atom. The summed E-state index contributed by atoms with van der Waals surface area (Å²) in [6.07, 6.45) is 4.95. The number of nitrogens with zero attached hydrogens (tertiary/aromatic N) is 1. The fourth-order valence-electron chi connectivity index (χ4n) is 2.56. The molecule has 0 aromatic heterocycles. The van der Waals surface area contributed by atoms with Gasteiger partial charge in [0.05, 0.1) is 0 Å². The summed E-state index contributed by atoms with van der Waals surface area (Å²) in [4.78, 5) is 2.41. The second kappa shape index (κ2) is 6.30. The van der Waals surface area contributed by atoms with E-state index in [9.17, 15) is 4.39 Å². The van der Waals surface area contributed by atoms with E-state index in [1.807, 2.05) is 19.2 Å². The fraction of sp³-hybridized carbons (Fsp3) is 0.600. The van der Waals surface area contributed by atoms with Gasteiger partial charge in [0.2, 0.25) is 0 Å². The van der Waals surface area contributed by atoms with Gasteiger partial charge in [-0.25, -0.2) is 4.39 Å². The van der Waals surface area contributed by atoms with Gasteiger partial charge in [0.15, 0.2) is 0 Å². The van der Waals surface area contributed by atoms with Crippen LogP contribution in [0.15, 0.2) is 24.3 Å². The van der Waals surface area contributed by atoms with Gasteiger partial charge < -0.3 is 10.2 Å². The Kier molecular flexibility index (Phi) is 4.72. The molecule has 1 unspecified atom stereocenters. The van der Waals surface area contributed by atoms with E-state index >= 15 is 0 Å². The second-order valence-corrected chi connectivity index (χ2v) is 5.22. The molecule has 1 aromatic rings. The molecule has 100 valence electrons. The van der Waals surface area contributed by atoms with Gasteiger partial charge in [0.25, 0.3) is 0 Å². The molecule has 0 radical (unpaired) electrons. The molecule has 1 N–H and O–H groups in total. The van der Waals surface area contributed by atoms with E-state index in [0.717, 1.165) is 24.6 Å². The number of hydrogen-bond acceptors (Lipinski definition) is 2. The van der Waals surface area contributed by atoms with Crippen LogP contribution in [-0.2, 0) is 0 Å². The smallest absolute Gasteiger partial charge is 0.127 e. The molecule has 0 amide bonds. The SMILES string of the molecule is CNC(CCN(C)C1CCC1)c1ccccc1F. The van der Waals surface area contributed by atoms with Crippen molar-refractivity contribution in [3.8, 4) is 0 Å². The van der Waals surface area contributed by atoms with Gasteiger partial charge in [-0.1, -0.05) is 24.6 Å². The second-order valence-electron chi connectivity index (χ2n) is 5.22. The van der Waals surface area contributed by atoms with Crippen molar-refractivity contribution in [1.29, 1.82) is 0 Å². The number of hydrogen-bond donors (Lipinski definition) is 1. The normalized spacial score (nSPS) is 17.8. The van der Waals surface area contributed by atoms with Crippen molar-refractivity contribution in [2.75, 3.05) is 20.6 Å². The van der Waals surface area contributed by atoms with Gasteiger partial charge in [-0.05, 0) is 46.0 Å². The molecule has 0 heterocycles. The Hall–Kier alpha value is -0.930. The third-order valence-corrected chi connectivity index (χ3v) is 4.10. The highest BCUT2D eigenvalue weighted by Crippen LogP contribution is 2.25. The summed E-state index contributed by atoms with van der Waals surface area (Å²) in [5.41, 5.74) is 0.780. The van der Waals surface area contributed by atoms with E-state index < -0.39 is 0 Å². The lowest BCUT2D eigenvalue weighted by Crippen LogP contribution is -2.38. The van der Waals surface area contributed by atoms with Gasteiger partial charge in [0.1, 0.15) is 5.82 Å². The minimum atomic E-state index is -0.108. The van der Waals surface area contributed by atoms with Crippen molar-refractivity contribution in [1.82, 2.24) is 10.2 Å². The van der Waals surface area contributed by atoms with E-state index in [-0.39, 0.29) is 11.9 Å². The van der Waals surface area contributed by atoms with Crippen molar-refractivity contribution in [2.45, 2.75) is 37.8 Å². The van der Waals surface area contributed by atoms with Crippen LogP contribution in [0.3, 0.4) is 0 Å². The zero-order valence-corrected chi connectivity index (χ0v) is 11.3. The van der Waals surface area contributed by atoms with Crippen LogP contribution in [0.5, 0.6) is 0 Å². The van der Waals surface area contributed by atoms with E-state index in [2.05, 4.69) is 17.3 Å². The predicted molar refractivity (Wildman–Crippen MR) is 73.1 cm³/mol. The Bertz CT molecular complexity index is 377. The number of rotatable bonds is 6. The Labute approximate surface area is 109 Å². The molecule has 1 aliphatic rings. The predicted octanol–water partition coefficient (Wildman–Crippen LogP) is 2.96. The molecule has 0 spiro atoms. The first kappa shape index (κ1) is 13.5. The summed E-state index contributed by atoms with van der Waals surface area (Å²) in [5.74, 6) is -0.108. The number of benzene rings is 1. The summed E-state index contributed by atoms with van der Waals surface area (Å²) in [6.45, 7) is 1.02. The first-order chi connectivity index (χ1) is 8.72. The summed E-state index contributed by atoms with van der Waals surface area (Å²) < 4.78 is 13.7. The molecule has 2 nitrogen and oxygen atoms in total. The maximum absolute atomic E-state index is 13.7. The van der Waals surface area contributed by atoms with Crippen molar-refractivity contribution >= 4 is 0 Å². The summed E-state index contributed by atoms with van der Waals surface area (Å²) in [6, 6.07) is 7.91. The monoisotopic (exact) mass is 250 g/mol. The average molecular weight is 250 g/mol. The van der Waals surface area contributed by atoms with Crippen LogP contribution in [0.4, 0.5) is 4.39 Å². The van der Waals surface area contributed by atoms with Gasteiger partial charge in [-0.3, -0.25) is 0 Å². The maximum Gasteiger partial charge on any atom is 0.127 e. The zero-order chi connectivity index (χ0) is 13.0. The Morgan fingerprint density at radius 2 is 2.11 bits per heavy atom. The first-order valence-corrected chi connectivity index (χ1v) is 6.84. The van der Waals surface area contributed by atoms with Crippen LogP contribution >= 0.6 is 0 Å². The molecule has 0 bridgehead atoms. The first-order valence-electron chi connectivity index (χ1n) is 6.84. The third kappa shape index (κ3) is 3.09. The van der Waals surface area contributed by atoms with E-state index in [4.69, 9.17) is 0 Å². The fourth-order valence-corrected chi connectivity index (χ4v) is 2.56. The van der Waals surface area contributed by atoms with Crippen LogP contribution in [0, 0.1) is 5.82 Å². The van der Waals surface area contributed by atoms with Crippen LogP contribution < -0.4 is 5.32 Å². The quantitative estimate of drug-likeness (QED) is 0.835. The largest absolute Gasteiger partial charge is 0.313 e. The van der Waals surface area contributed by atoms with Crippen molar-refractivity contribution in [3.05, 3.63) is 35.6 Å². The zero-order valence-electron chi connectivity index (χ0n) is 11.3. The summed E-state index contributed by atoms with van der Waals surface area (Å²) in [5, 5.41) is 3.22. The lowest BCUT2D eigenvalue weighted by atomic mass is 9.91. The molecule has 1 aliphatic carbocycles. The maximum atomic E-state index is 13.7. The molecular weight excluding hydrogens is 227 g/mol. The number of halogens is 1. The minimum absolute atomic E-state index is 0.105. The van der Waals surface area contributed by atoms with Crippen molar-refractivity contribution < 1.29 is 4.39 Å². The molecule has 3 heteroatoms. The molecule has 2 rings (SSSR count). The van der Waals surface area contributed by atoms with E-state index in [1.165, 1.54) is 25.3 Å². The lowest BCUT2D eigenvalue weighted by molar-refractivity contribution is 0.153. The summed E-state index contributed by atoms with van der Waals surface area (Å²) in [7, 11) is 4.08. The van der Waals surface area contributed by atoms with E-state index in [1.54, 1.807) is 6.07 Å². The third-order valence-electron chi connectivity index (χ3n) is 4.10. The summed E-state index contributed by atoms with van der Waals surface area (Å²) >= 11 is 0. The highest BCUT2D eigenvalue weighted by molar-refractivity contribution is 5.21. The van der Waals surface area contributed by atoms with Gasteiger partial charge in [0, 0.05) is 17.6 Å². The highest BCUT2D eigenvalue weighted by Gasteiger charge is 2.22. The molecule has 1 atom stereocenters. The standard InChI is InChI=1S/C15H23FN2/c1-17-15(13-8-3-4-9-14(13)16)10-11-18(2)12-6-5-7-12/h3-4,8-9,12,15,17H,5-7,10-11H2,1-2H3. The topological polar surface area (TPSA) is 15.3 Å². The van der Waals surface area contributed by atoms with E-state index in [0.29, 0.717) is 0 Å². The van der Waals surface area contributed by atoms with Crippen LogP contribution in [-0.4, -0.2) is 31.6 Å². The molecular formula is C15H23FN2. The van der Waals surface area contributed by atoms with Crippen molar-refractivity contribution in [2.24, 2.45) is 0 Å². The highest BCUT2D eigenvalue weighted by atomic mass is 19.1. The van der Waals surface area contributed by atoms with Crippen LogP contribution in [0.2, 0.25) is 0 Å². The molecule has 0 aliphatic heterocycles. The minimum Gasteiger partial charge on any atom is -0.313 e. The van der Waals surface area contributed by atoms with Gasteiger partial charge in [-0.2, -0.15) is 0 Å². The van der Waals surface area contributed by atoms with Crippen LogP contribution in [0.25, 0.3) is 0 Å². The Balaban J connectivity index is 1.91.